The number of ether oxygens (including phenoxy) is 1. The fourth-order valence-corrected chi connectivity index (χ4v) is 3.91. The predicted molar refractivity (Wildman–Crippen MR) is 112 cm³/mol. The summed E-state index contributed by atoms with van der Waals surface area (Å²) in [5.74, 6) is 1.06. The second kappa shape index (κ2) is 9.56. The lowest BCUT2D eigenvalue weighted by atomic mass is 10.0. The van der Waals surface area contributed by atoms with Gasteiger partial charge in [0, 0.05) is 59.5 Å². The minimum Gasteiger partial charge on any atom is -0.382 e. The van der Waals surface area contributed by atoms with E-state index in [2.05, 4.69) is 58.2 Å². The van der Waals surface area contributed by atoms with E-state index >= 15 is 0 Å². The van der Waals surface area contributed by atoms with Crippen molar-refractivity contribution in [2.45, 2.75) is 39.7 Å². The van der Waals surface area contributed by atoms with Crippen LogP contribution in [0, 0.1) is 12.3 Å². The van der Waals surface area contributed by atoms with E-state index in [1.165, 1.54) is 24.0 Å². The van der Waals surface area contributed by atoms with Gasteiger partial charge < -0.3 is 15.0 Å². The molecule has 0 atom stereocenters. The van der Waals surface area contributed by atoms with Gasteiger partial charge in [-0.3, -0.25) is 9.89 Å². The number of benzene rings is 1. The van der Waals surface area contributed by atoms with Crippen molar-refractivity contribution in [3.63, 3.8) is 0 Å². The second-order valence-electron chi connectivity index (χ2n) is 8.10. The Balaban J connectivity index is 1.42. The van der Waals surface area contributed by atoms with E-state index in [-0.39, 0.29) is 0 Å². The van der Waals surface area contributed by atoms with Gasteiger partial charge in [-0.2, -0.15) is 0 Å². The molecule has 5 nitrogen and oxygen atoms in total. The molecule has 150 valence electrons. The topological polar surface area (TPSA) is 40.1 Å². The normalized spacial score (nSPS) is 20.0. The third-order valence-corrected chi connectivity index (χ3v) is 5.93. The molecule has 1 aromatic rings. The first-order valence-electron chi connectivity index (χ1n) is 10.5. The van der Waals surface area contributed by atoms with Crippen molar-refractivity contribution in [2.24, 2.45) is 10.4 Å². The first kappa shape index (κ1) is 20.2. The number of aliphatic imine (C=N–C) groups is 1. The van der Waals surface area contributed by atoms with Gasteiger partial charge >= 0.3 is 0 Å². The zero-order chi connectivity index (χ0) is 19.1. The van der Waals surface area contributed by atoms with Gasteiger partial charge in [0.2, 0.25) is 0 Å². The molecule has 5 heteroatoms. The molecule has 0 amide bonds. The molecule has 1 N–H and O–H groups in total. The molecule has 1 saturated heterocycles. The van der Waals surface area contributed by atoms with Gasteiger partial charge in [-0.1, -0.05) is 29.8 Å². The molecule has 0 bridgehead atoms. The smallest absolute Gasteiger partial charge is 0.193 e. The van der Waals surface area contributed by atoms with Crippen LogP contribution in [-0.4, -0.2) is 68.7 Å². The summed E-state index contributed by atoms with van der Waals surface area (Å²) in [6, 6.07) is 8.85. The Morgan fingerprint density at radius 1 is 1.22 bits per heavy atom. The Labute approximate surface area is 164 Å². The van der Waals surface area contributed by atoms with Crippen LogP contribution in [0.3, 0.4) is 0 Å². The average Bonchev–Trinajstić information content (AvgIpc) is 3.44. The highest BCUT2D eigenvalue weighted by Crippen LogP contribution is 2.48. The van der Waals surface area contributed by atoms with Crippen molar-refractivity contribution in [1.82, 2.24) is 15.1 Å². The minimum atomic E-state index is 0.443. The van der Waals surface area contributed by atoms with Gasteiger partial charge in [-0.05, 0) is 44.1 Å². The third kappa shape index (κ3) is 5.94. The standard InChI is InChI=1S/C22H36N4O/c1-4-27-15-10-22(8-9-22)18-24-21(23-3)26-13-11-25(12-14-26)17-20-7-5-6-19(2)16-20/h5-7,16H,4,8-15,17-18H2,1-3H3,(H,23,24). The van der Waals surface area contributed by atoms with Crippen LogP contribution in [0.25, 0.3) is 0 Å². The molecular weight excluding hydrogens is 336 g/mol. The summed E-state index contributed by atoms with van der Waals surface area (Å²) in [6.07, 6.45) is 3.79. The van der Waals surface area contributed by atoms with E-state index in [0.29, 0.717) is 5.41 Å². The van der Waals surface area contributed by atoms with E-state index in [1.54, 1.807) is 0 Å². The largest absolute Gasteiger partial charge is 0.382 e. The highest BCUT2D eigenvalue weighted by Gasteiger charge is 2.42. The number of aryl methyl sites for hydroxylation is 1. The van der Waals surface area contributed by atoms with Gasteiger partial charge in [-0.15, -0.1) is 0 Å². The number of hydrogen-bond acceptors (Lipinski definition) is 3. The van der Waals surface area contributed by atoms with E-state index in [9.17, 15) is 0 Å². The Hall–Kier alpha value is -1.59. The van der Waals surface area contributed by atoms with Gasteiger partial charge in [-0.25, -0.2) is 0 Å². The molecule has 2 aliphatic rings. The summed E-state index contributed by atoms with van der Waals surface area (Å²) < 4.78 is 5.55. The Morgan fingerprint density at radius 2 is 2.00 bits per heavy atom. The molecule has 3 rings (SSSR count). The van der Waals surface area contributed by atoms with E-state index < -0.39 is 0 Å². The molecule has 27 heavy (non-hydrogen) atoms. The van der Waals surface area contributed by atoms with Gasteiger partial charge in [0.1, 0.15) is 0 Å². The van der Waals surface area contributed by atoms with Crippen LogP contribution >= 0.6 is 0 Å². The summed E-state index contributed by atoms with van der Waals surface area (Å²) in [7, 11) is 1.90. The first-order valence-corrected chi connectivity index (χ1v) is 10.5. The molecule has 0 aromatic heterocycles. The number of hydrogen-bond donors (Lipinski definition) is 1. The second-order valence-corrected chi connectivity index (χ2v) is 8.10. The highest BCUT2D eigenvalue weighted by molar-refractivity contribution is 5.80. The summed E-state index contributed by atoms with van der Waals surface area (Å²) in [5.41, 5.74) is 3.20. The molecule has 2 fully saturated rings. The quantitative estimate of drug-likeness (QED) is 0.433. The molecule has 0 unspecified atom stereocenters. The zero-order valence-electron chi connectivity index (χ0n) is 17.3. The third-order valence-electron chi connectivity index (χ3n) is 5.93. The van der Waals surface area contributed by atoms with E-state index in [0.717, 1.165) is 64.9 Å². The van der Waals surface area contributed by atoms with E-state index in [1.807, 2.05) is 7.05 Å². The summed E-state index contributed by atoms with van der Waals surface area (Å²) in [4.78, 5) is 9.49. The van der Waals surface area contributed by atoms with Crippen molar-refractivity contribution in [3.05, 3.63) is 35.4 Å². The monoisotopic (exact) mass is 372 g/mol. The Morgan fingerprint density at radius 3 is 2.63 bits per heavy atom. The van der Waals surface area contributed by atoms with E-state index in [4.69, 9.17) is 4.74 Å². The average molecular weight is 373 g/mol. The van der Waals surface area contributed by atoms with Gasteiger partial charge in [0.05, 0.1) is 0 Å². The lowest BCUT2D eigenvalue weighted by Gasteiger charge is -2.37. The van der Waals surface area contributed by atoms with Crippen LogP contribution < -0.4 is 5.32 Å². The van der Waals surface area contributed by atoms with Gasteiger partial charge in [0.25, 0.3) is 0 Å². The predicted octanol–water partition coefficient (Wildman–Crippen LogP) is 2.89. The van der Waals surface area contributed by atoms with Crippen molar-refractivity contribution < 1.29 is 4.74 Å². The van der Waals surface area contributed by atoms with Crippen molar-refractivity contribution in [2.75, 3.05) is 53.0 Å². The molecule has 0 spiro atoms. The number of rotatable bonds is 8. The first-order chi connectivity index (χ1) is 13.1. The van der Waals surface area contributed by atoms with Crippen LogP contribution in [0.5, 0.6) is 0 Å². The Bertz CT molecular complexity index is 618. The SMILES string of the molecule is CCOCCC1(CNC(=NC)N2CCN(Cc3cccc(C)c3)CC2)CC1. The summed E-state index contributed by atoms with van der Waals surface area (Å²) in [6.45, 7) is 12.3. The van der Waals surface area contributed by atoms with Crippen LogP contribution in [0.4, 0.5) is 0 Å². The van der Waals surface area contributed by atoms with Crippen LogP contribution in [0.2, 0.25) is 0 Å². The van der Waals surface area contributed by atoms with Crippen molar-refractivity contribution in [1.29, 1.82) is 0 Å². The van der Waals surface area contributed by atoms with Gasteiger partial charge in [0.15, 0.2) is 5.96 Å². The maximum Gasteiger partial charge on any atom is 0.193 e. The van der Waals surface area contributed by atoms with Crippen LogP contribution in [0.1, 0.15) is 37.3 Å². The molecule has 1 aliphatic carbocycles. The lowest BCUT2D eigenvalue weighted by Crippen LogP contribution is -2.52. The fourth-order valence-electron chi connectivity index (χ4n) is 3.91. The molecule has 0 radical (unpaired) electrons. The lowest BCUT2D eigenvalue weighted by molar-refractivity contribution is 0.128. The molecule has 1 aliphatic heterocycles. The highest BCUT2D eigenvalue weighted by atomic mass is 16.5. The minimum absolute atomic E-state index is 0.443. The maximum absolute atomic E-state index is 5.55. The van der Waals surface area contributed by atoms with Crippen molar-refractivity contribution in [3.8, 4) is 0 Å². The number of piperazine rings is 1. The van der Waals surface area contributed by atoms with Crippen LogP contribution in [0.15, 0.2) is 29.3 Å². The maximum atomic E-state index is 5.55. The molecule has 1 heterocycles. The molecule has 1 saturated carbocycles. The van der Waals surface area contributed by atoms with Crippen LogP contribution in [-0.2, 0) is 11.3 Å². The number of guanidine groups is 1. The zero-order valence-corrected chi connectivity index (χ0v) is 17.3. The van der Waals surface area contributed by atoms with Crippen molar-refractivity contribution >= 4 is 5.96 Å². The fraction of sp³-hybridized carbons (Fsp3) is 0.682. The number of nitrogens with zero attached hydrogens (tertiary/aromatic N) is 3. The summed E-state index contributed by atoms with van der Waals surface area (Å²) >= 11 is 0. The number of nitrogens with one attached hydrogen (secondary N) is 1. The molecule has 1 aromatic carbocycles. The summed E-state index contributed by atoms with van der Waals surface area (Å²) in [5, 5.41) is 3.64. The Kier molecular flexibility index (Phi) is 7.13. The molecular formula is C22H36N4O.